The molecule has 0 radical (unpaired) electrons. The van der Waals surface area contributed by atoms with Crippen molar-refractivity contribution >= 4 is 97.3 Å². The van der Waals surface area contributed by atoms with Crippen LogP contribution < -0.4 is 14.8 Å². The smallest absolute Gasteiger partial charge is 0.339 e. The maximum Gasteiger partial charge on any atom is 0.339 e. The Bertz CT molecular complexity index is 1670. The van der Waals surface area contributed by atoms with Crippen molar-refractivity contribution in [3.8, 4) is 11.5 Å². The minimum absolute atomic E-state index is 0.0822. The van der Waals surface area contributed by atoms with Gasteiger partial charge in [-0.1, -0.05) is 47.8 Å². The average molecular weight is 743 g/mol. The van der Waals surface area contributed by atoms with Crippen molar-refractivity contribution in [2.75, 3.05) is 25.6 Å². The molecule has 0 unspecified atom stereocenters. The van der Waals surface area contributed by atoms with E-state index in [-0.39, 0.29) is 34.4 Å². The number of nitrogens with zero attached hydrogens (tertiary/aromatic N) is 1. The SMILES string of the molecule is CCCOC(=O)c1cc(NC(=O)CN2C(=O)S/C(=C/c3cc(Br)c(OCc4ccc(Cl)cc4Cl)c(OC)c3)C2=O)ccc1Cl. The molecule has 3 aromatic rings. The molecule has 0 atom stereocenters. The van der Waals surface area contributed by atoms with E-state index in [9.17, 15) is 19.2 Å². The molecule has 1 fully saturated rings. The van der Waals surface area contributed by atoms with E-state index in [4.69, 9.17) is 49.0 Å². The molecule has 3 aromatic carbocycles. The first-order chi connectivity index (χ1) is 21.0. The number of amides is 3. The molecule has 0 aromatic heterocycles. The summed E-state index contributed by atoms with van der Waals surface area (Å²) in [5.74, 6) is -1.13. The van der Waals surface area contributed by atoms with Crippen LogP contribution in [0.15, 0.2) is 57.9 Å². The Labute approximate surface area is 280 Å². The number of benzene rings is 3. The number of imide groups is 1. The van der Waals surface area contributed by atoms with Gasteiger partial charge in [0.05, 0.1) is 33.7 Å². The van der Waals surface area contributed by atoms with E-state index in [1.165, 1.54) is 31.4 Å². The summed E-state index contributed by atoms with van der Waals surface area (Å²) in [5.41, 5.74) is 1.60. The molecule has 0 aliphatic carbocycles. The lowest BCUT2D eigenvalue weighted by Crippen LogP contribution is -2.36. The summed E-state index contributed by atoms with van der Waals surface area (Å²) >= 11 is 22.5. The first-order valence-electron chi connectivity index (χ1n) is 13.0. The average Bonchev–Trinajstić information content (AvgIpc) is 3.23. The van der Waals surface area contributed by atoms with Crippen LogP contribution in [0, 0.1) is 0 Å². The Hall–Kier alpha value is -3.22. The maximum atomic E-state index is 13.1. The van der Waals surface area contributed by atoms with Crippen LogP contribution in [0.1, 0.15) is 34.8 Å². The molecule has 44 heavy (non-hydrogen) atoms. The molecule has 14 heteroatoms. The van der Waals surface area contributed by atoms with E-state index < -0.39 is 29.6 Å². The second kappa shape index (κ2) is 15.2. The number of methoxy groups -OCH3 is 1. The van der Waals surface area contributed by atoms with Crippen LogP contribution in [0.4, 0.5) is 10.5 Å². The summed E-state index contributed by atoms with van der Waals surface area (Å²) in [6.07, 6.45) is 2.15. The Kier molecular flexibility index (Phi) is 11.6. The van der Waals surface area contributed by atoms with Gasteiger partial charge in [-0.3, -0.25) is 19.3 Å². The summed E-state index contributed by atoms with van der Waals surface area (Å²) in [4.78, 5) is 51.7. The lowest BCUT2D eigenvalue weighted by atomic mass is 10.1. The van der Waals surface area contributed by atoms with Crippen molar-refractivity contribution in [3.05, 3.63) is 89.7 Å². The number of halogens is 4. The van der Waals surface area contributed by atoms with E-state index in [0.717, 1.165) is 10.5 Å². The van der Waals surface area contributed by atoms with Gasteiger partial charge in [-0.2, -0.15) is 0 Å². The molecule has 230 valence electrons. The highest BCUT2D eigenvalue weighted by Gasteiger charge is 2.36. The molecule has 1 aliphatic heterocycles. The molecular weight excluding hydrogens is 719 g/mol. The van der Waals surface area contributed by atoms with E-state index in [2.05, 4.69) is 21.2 Å². The van der Waals surface area contributed by atoms with Crippen molar-refractivity contribution in [1.82, 2.24) is 4.90 Å². The van der Waals surface area contributed by atoms with Gasteiger partial charge in [0.2, 0.25) is 5.91 Å². The largest absolute Gasteiger partial charge is 0.493 e. The number of hydrogen-bond acceptors (Lipinski definition) is 8. The molecule has 4 rings (SSSR count). The van der Waals surface area contributed by atoms with Crippen molar-refractivity contribution in [1.29, 1.82) is 0 Å². The Morgan fingerprint density at radius 3 is 2.52 bits per heavy atom. The lowest BCUT2D eigenvalue weighted by Gasteiger charge is -2.14. The minimum atomic E-state index is -0.643. The van der Waals surface area contributed by atoms with Gasteiger partial charge in [-0.25, -0.2) is 4.79 Å². The van der Waals surface area contributed by atoms with Crippen LogP contribution >= 0.6 is 62.5 Å². The third-order valence-corrected chi connectivity index (χ3v) is 8.43. The Balaban J connectivity index is 1.44. The molecule has 1 heterocycles. The summed E-state index contributed by atoms with van der Waals surface area (Å²) in [7, 11) is 1.47. The fraction of sp³-hybridized carbons (Fsp3) is 0.200. The second-order valence-electron chi connectivity index (χ2n) is 9.21. The number of carbonyl (C=O) groups is 4. The van der Waals surface area contributed by atoms with Crippen LogP contribution in [-0.2, 0) is 20.9 Å². The fourth-order valence-corrected chi connectivity index (χ4v) is 5.99. The zero-order chi connectivity index (χ0) is 32.0. The van der Waals surface area contributed by atoms with E-state index in [0.29, 0.717) is 49.8 Å². The fourth-order valence-electron chi connectivity index (χ4n) is 3.92. The summed E-state index contributed by atoms with van der Waals surface area (Å²) in [5, 5.41) is 3.10. The van der Waals surface area contributed by atoms with Crippen LogP contribution in [-0.4, -0.2) is 48.2 Å². The second-order valence-corrected chi connectivity index (χ2v) is 12.3. The van der Waals surface area contributed by atoms with Crippen molar-refractivity contribution in [2.24, 2.45) is 0 Å². The van der Waals surface area contributed by atoms with E-state index in [1.807, 2.05) is 6.92 Å². The number of carbonyl (C=O) groups excluding carboxylic acids is 4. The Morgan fingerprint density at radius 2 is 1.82 bits per heavy atom. The van der Waals surface area contributed by atoms with Crippen LogP contribution in [0.25, 0.3) is 6.08 Å². The quantitative estimate of drug-likeness (QED) is 0.155. The number of thioether (sulfide) groups is 1. The van der Waals surface area contributed by atoms with Gasteiger partial charge in [0.25, 0.3) is 11.1 Å². The predicted molar refractivity (Wildman–Crippen MR) is 175 cm³/mol. The molecule has 3 amide bonds. The van der Waals surface area contributed by atoms with Gasteiger partial charge < -0.3 is 19.5 Å². The molecular formula is C30H24BrCl3N2O7S. The highest BCUT2D eigenvalue weighted by molar-refractivity contribution is 9.10. The number of anilines is 1. The van der Waals surface area contributed by atoms with Crippen molar-refractivity contribution < 1.29 is 33.4 Å². The molecule has 0 spiro atoms. The maximum absolute atomic E-state index is 13.1. The number of ether oxygens (including phenoxy) is 3. The van der Waals surface area contributed by atoms with Crippen molar-refractivity contribution in [3.63, 3.8) is 0 Å². The van der Waals surface area contributed by atoms with Gasteiger partial charge in [-0.05, 0) is 88.2 Å². The third kappa shape index (κ3) is 8.28. The van der Waals surface area contributed by atoms with E-state index >= 15 is 0 Å². The first-order valence-corrected chi connectivity index (χ1v) is 15.7. The van der Waals surface area contributed by atoms with Crippen molar-refractivity contribution in [2.45, 2.75) is 20.0 Å². The molecule has 0 saturated carbocycles. The predicted octanol–water partition coefficient (Wildman–Crippen LogP) is 8.24. The topological polar surface area (TPSA) is 111 Å². The third-order valence-electron chi connectivity index (χ3n) is 6.02. The molecule has 1 aliphatic rings. The zero-order valence-corrected chi connectivity index (χ0v) is 27.9. The minimum Gasteiger partial charge on any atom is -0.493 e. The zero-order valence-electron chi connectivity index (χ0n) is 23.2. The number of rotatable bonds is 11. The number of esters is 1. The van der Waals surface area contributed by atoms with Gasteiger partial charge in [0, 0.05) is 21.3 Å². The molecule has 0 bridgehead atoms. The molecule has 9 nitrogen and oxygen atoms in total. The van der Waals surface area contributed by atoms with Crippen LogP contribution in [0.3, 0.4) is 0 Å². The molecule has 1 N–H and O–H groups in total. The van der Waals surface area contributed by atoms with Gasteiger partial charge >= 0.3 is 5.97 Å². The first kappa shape index (κ1) is 33.7. The lowest BCUT2D eigenvalue weighted by molar-refractivity contribution is -0.127. The van der Waals surface area contributed by atoms with Crippen LogP contribution in [0.5, 0.6) is 11.5 Å². The van der Waals surface area contributed by atoms with Gasteiger partial charge in [0.1, 0.15) is 13.2 Å². The van der Waals surface area contributed by atoms with E-state index in [1.54, 1.807) is 30.3 Å². The standard InChI is InChI=1S/C30H24BrCl3N2O7S/c1-3-8-42-29(39)20-13-19(6-7-22(20)33)35-26(37)14-36-28(38)25(44-30(36)40)11-16-9-21(31)27(24(10-16)41-2)43-15-17-4-5-18(32)12-23(17)34/h4-7,9-13H,3,8,14-15H2,1-2H3,(H,35,37)/b25-11+. The normalized spacial score (nSPS) is 13.8. The summed E-state index contributed by atoms with van der Waals surface area (Å²) in [6.45, 7) is 1.69. The van der Waals surface area contributed by atoms with Gasteiger partial charge in [0.15, 0.2) is 11.5 Å². The monoisotopic (exact) mass is 740 g/mol. The van der Waals surface area contributed by atoms with Gasteiger partial charge in [-0.15, -0.1) is 0 Å². The highest BCUT2D eigenvalue weighted by Crippen LogP contribution is 2.40. The number of nitrogens with one attached hydrogen (secondary N) is 1. The molecule has 1 saturated heterocycles. The number of hydrogen-bond donors (Lipinski definition) is 1. The summed E-state index contributed by atoms with van der Waals surface area (Å²) < 4.78 is 17.1. The Morgan fingerprint density at radius 1 is 1.05 bits per heavy atom. The highest BCUT2D eigenvalue weighted by atomic mass is 79.9. The van der Waals surface area contributed by atoms with Crippen LogP contribution in [0.2, 0.25) is 15.1 Å². The summed E-state index contributed by atoms with van der Waals surface area (Å²) in [6, 6.07) is 12.7.